The Hall–Kier alpha value is -1.01. The molecule has 1 unspecified atom stereocenters. The average Bonchev–Trinajstić information content (AvgIpc) is 2.41. The van der Waals surface area contributed by atoms with Crippen molar-refractivity contribution in [3.8, 4) is 11.8 Å². The fourth-order valence-corrected chi connectivity index (χ4v) is 1.79. The topological polar surface area (TPSA) is 49.3 Å². The van der Waals surface area contributed by atoms with Crippen LogP contribution in [0.3, 0.4) is 0 Å². The first-order chi connectivity index (χ1) is 5.29. The molecule has 11 heavy (non-hydrogen) atoms. The van der Waals surface area contributed by atoms with E-state index in [0.717, 1.165) is 13.0 Å². The van der Waals surface area contributed by atoms with Gasteiger partial charge in [-0.25, -0.2) is 0 Å². The molecular weight excluding hydrogens is 142 g/mol. The Morgan fingerprint density at radius 2 is 2.45 bits per heavy atom. The van der Waals surface area contributed by atoms with E-state index in [0.29, 0.717) is 0 Å². The van der Waals surface area contributed by atoms with Gasteiger partial charge in [-0.05, 0) is 0 Å². The van der Waals surface area contributed by atoms with Gasteiger partial charge in [-0.15, -0.1) is 5.92 Å². The van der Waals surface area contributed by atoms with Gasteiger partial charge in [0.15, 0.2) is 0 Å². The fraction of sp³-hybridized carbons (Fsp3) is 0.625. The number of carboxylic acids is 1. The molecule has 2 rings (SSSR count). The van der Waals surface area contributed by atoms with Crippen molar-refractivity contribution >= 4 is 5.97 Å². The van der Waals surface area contributed by atoms with E-state index in [-0.39, 0.29) is 17.9 Å². The van der Waals surface area contributed by atoms with Crippen molar-refractivity contribution in [1.29, 1.82) is 0 Å². The van der Waals surface area contributed by atoms with Gasteiger partial charge >= 0.3 is 5.97 Å². The predicted molar refractivity (Wildman–Crippen MR) is 38.8 cm³/mol. The standard InChI is InChI=1S/C8H9NO2/c10-8(11)7-6-3-1-2-5(6)4-9-7/h5-7,9H,3-4H2,(H,10,11)/t5?,6-,7-/m0/s1. The molecule has 1 saturated heterocycles. The van der Waals surface area contributed by atoms with Crippen LogP contribution in [0.5, 0.6) is 0 Å². The number of carbonyl (C=O) groups is 1. The number of nitrogens with one attached hydrogen (secondary N) is 1. The molecule has 0 aromatic rings. The number of aliphatic carboxylic acids is 1. The molecule has 0 radical (unpaired) electrons. The van der Waals surface area contributed by atoms with Crippen LogP contribution in [0.15, 0.2) is 0 Å². The first-order valence-corrected chi connectivity index (χ1v) is 3.73. The molecule has 1 heterocycles. The van der Waals surface area contributed by atoms with E-state index in [1.54, 1.807) is 0 Å². The van der Waals surface area contributed by atoms with E-state index >= 15 is 0 Å². The zero-order valence-electron chi connectivity index (χ0n) is 6.00. The Morgan fingerprint density at radius 1 is 1.64 bits per heavy atom. The molecule has 0 saturated carbocycles. The smallest absolute Gasteiger partial charge is 0.321 e. The van der Waals surface area contributed by atoms with Crippen molar-refractivity contribution in [3.05, 3.63) is 0 Å². The van der Waals surface area contributed by atoms with Crippen LogP contribution in [0.2, 0.25) is 0 Å². The van der Waals surface area contributed by atoms with Crippen LogP contribution < -0.4 is 5.32 Å². The molecule has 0 bridgehead atoms. The summed E-state index contributed by atoms with van der Waals surface area (Å²) in [7, 11) is 0. The van der Waals surface area contributed by atoms with Gasteiger partial charge in [-0.2, -0.15) is 0 Å². The van der Waals surface area contributed by atoms with Gasteiger partial charge < -0.3 is 10.4 Å². The molecule has 0 aromatic carbocycles. The van der Waals surface area contributed by atoms with Crippen molar-refractivity contribution in [1.82, 2.24) is 5.32 Å². The predicted octanol–water partition coefficient (Wildman–Crippen LogP) is -0.318. The van der Waals surface area contributed by atoms with Crippen LogP contribution >= 0.6 is 0 Å². The van der Waals surface area contributed by atoms with Crippen molar-refractivity contribution in [3.63, 3.8) is 0 Å². The Balaban J connectivity index is 2.13. The number of hydrogen-bond acceptors (Lipinski definition) is 2. The summed E-state index contributed by atoms with van der Waals surface area (Å²) in [6.07, 6.45) is 0.745. The normalized spacial score (nSPS) is 39.5. The van der Waals surface area contributed by atoms with E-state index in [2.05, 4.69) is 17.2 Å². The average molecular weight is 151 g/mol. The third-order valence-electron chi connectivity index (χ3n) is 2.39. The Kier molecular flexibility index (Phi) is 1.36. The molecule has 0 amide bonds. The molecule has 3 heteroatoms. The van der Waals surface area contributed by atoms with Gasteiger partial charge in [-0.1, -0.05) is 5.92 Å². The van der Waals surface area contributed by atoms with Crippen LogP contribution in [0, 0.1) is 23.7 Å². The second-order valence-corrected chi connectivity index (χ2v) is 3.02. The maximum Gasteiger partial charge on any atom is 0.321 e. The maximum atomic E-state index is 10.6. The highest BCUT2D eigenvalue weighted by atomic mass is 16.4. The molecule has 0 aromatic heterocycles. The molecule has 58 valence electrons. The summed E-state index contributed by atoms with van der Waals surface area (Å²) in [5.74, 6) is 5.73. The molecule has 0 spiro atoms. The van der Waals surface area contributed by atoms with Gasteiger partial charge in [-0.3, -0.25) is 4.79 Å². The minimum atomic E-state index is -0.747. The van der Waals surface area contributed by atoms with Crippen LogP contribution in [-0.4, -0.2) is 23.7 Å². The monoisotopic (exact) mass is 151 g/mol. The van der Waals surface area contributed by atoms with E-state index in [1.807, 2.05) is 0 Å². The summed E-state index contributed by atoms with van der Waals surface area (Å²) in [6.45, 7) is 0.745. The van der Waals surface area contributed by atoms with E-state index < -0.39 is 5.97 Å². The van der Waals surface area contributed by atoms with Crippen molar-refractivity contribution < 1.29 is 9.90 Å². The Labute approximate surface area is 64.8 Å². The third-order valence-corrected chi connectivity index (χ3v) is 2.39. The van der Waals surface area contributed by atoms with Crippen molar-refractivity contribution in [2.24, 2.45) is 11.8 Å². The molecule has 1 aliphatic heterocycles. The quantitative estimate of drug-likeness (QED) is 0.505. The van der Waals surface area contributed by atoms with E-state index in [1.165, 1.54) is 0 Å². The van der Waals surface area contributed by atoms with Gasteiger partial charge in [0.1, 0.15) is 6.04 Å². The minimum absolute atomic E-state index is 0.201. The third kappa shape index (κ3) is 0.908. The summed E-state index contributed by atoms with van der Waals surface area (Å²) in [4.78, 5) is 10.6. The summed E-state index contributed by atoms with van der Waals surface area (Å²) in [6, 6.07) is -0.373. The molecule has 1 aliphatic carbocycles. The van der Waals surface area contributed by atoms with Crippen LogP contribution in [-0.2, 0) is 4.79 Å². The molecule has 1 fully saturated rings. The molecule has 2 N–H and O–H groups in total. The highest BCUT2D eigenvalue weighted by molar-refractivity contribution is 5.74. The molecule has 3 nitrogen and oxygen atoms in total. The number of hydrogen-bond donors (Lipinski definition) is 2. The van der Waals surface area contributed by atoms with Crippen LogP contribution in [0.1, 0.15) is 6.42 Å². The highest BCUT2D eigenvalue weighted by Crippen LogP contribution is 2.28. The summed E-state index contributed by atoms with van der Waals surface area (Å²) in [5.41, 5.74) is 0. The zero-order chi connectivity index (χ0) is 7.84. The molecular formula is C8H9NO2. The molecule has 3 atom stereocenters. The second kappa shape index (κ2) is 2.24. The van der Waals surface area contributed by atoms with Crippen molar-refractivity contribution in [2.75, 3.05) is 6.54 Å². The zero-order valence-corrected chi connectivity index (χ0v) is 6.00. The lowest BCUT2D eigenvalue weighted by Gasteiger charge is -2.11. The van der Waals surface area contributed by atoms with Gasteiger partial charge in [0, 0.05) is 24.8 Å². The van der Waals surface area contributed by atoms with Crippen LogP contribution in [0.4, 0.5) is 0 Å². The van der Waals surface area contributed by atoms with Gasteiger partial charge in [0.2, 0.25) is 0 Å². The summed E-state index contributed by atoms with van der Waals surface area (Å²) >= 11 is 0. The Morgan fingerprint density at radius 3 is 3.18 bits per heavy atom. The SMILES string of the molecule is O=C(O)[C@H]1NCC2C#CC[C@@H]21. The minimum Gasteiger partial charge on any atom is -0.480 e. The highest BCUT2D eigenvalue weighted by Gasteiger charge is 2.40. The van der Waals surface area contributed by atoms with E-state index in [9.17, 15) is 4.79 Å². The summed E-state index contributed by atoms with van der Waals surface area (Å²) < 4.78 is 0. The lowest BCUT2D eigenvalue weighted by Crippen LogP contribution is -2.35. The Bertz CT molecular complexity index is 251. The largest absolute Gasteiger partial charge is 0.480 e. The van der Waals surface area contributed by atoms with Crippen LogP contribution in [0.25, 0.3) is 0 Å². The lowest BCUT2D eigenvalue weighted by atomic mass is 9.93. The number of carboxylic acid groups (broad SMARTS) is 1. The second-order valence-electron chi connectivity index (χ2n) is 3.02. The van der Waals surface area contributed by atoms with Gasteiger partial charge in [0.05, 0.1) is 0 Å². The molecule has 2 aliphatic rings. The maximum absolute atomic E-state index is 10.6. The lowest BCUT2D eigenvalue weighted by molar-refractivity contribution is -0.140. The number of fused-ring (bicyclic) bond motifs is 1. The summed E-state index contributed by atoms with van der Waals surface area (Å²) in [5, 5.41) is 11.7. The van der Waals surface area contributed by atoms with Crippen molar-refractivity contribution in [2.45, 2.75) is 12.5 Å². The van der Waals surface area contributed by atoms with E-state index in [4.69, 9.17) is 5.11 Å². The first-order valence-electron chi connectivity index (χ1n) is 3.73. The number of rotatable bonds is 1. The first kappa shape index (κ1) is 6.68. The fourth-order valence-electron chi connectivity index (χ4n) is 1.79. The van der Waals surface area contributed by atoms with Gasteiger partial charge in [0.25, 0.3) is 0 Å².